The molecule has 0 rings (SSSR count). The molecule has 0 fully saturated rings. The second-order valence-corrected chi connectivity index (χ2v) is 2.82. The maximum atomic E-state index is 10.9. The Balaban J connectivity index is 3.05. The van der Waals surface area contributed by atoms with E-state index in [2.05, 4.69) is 10.0 Å². The number of ketones is 1. The van der Waals surface area contributed by atoms with E-state index in [1.54, 1.807) is 0 Å². The average molecular weight is 215 g/mol. The maximum absolute atomic E-state index is 10.9. The van der Waals surface area contributed by atoms with Gasteiger partial charge in [-0.3, -0.25) is 4.79 Å². The lowest BCUT2D eigenvalue weighted by Crippen LogP contribution is -2.09. The van der Waals surface area contributed by atoms with E-state index < -0.39 is 0 Å². The van der Waals surface area contributed by atoms with Gasteiger partial charge < -0.3 is 9.47 Å². The summed E-state index contributed by atoms with van der Waals surface area (Å²) in [5, 5.41) is 3.31. The van der Waals surface area contributed by atoms with Crippen LogP contribution in [-0.4, -0.2) is 38.8 Å². The molecule has 0 heterocycles. The number of carbonyl (C=O) groups is 1. The van der Waals surface area contributed by atoms with E-state index in [0.29, 0.717) is 45.8 Å². The zero-order chi connectivity index (χ0) is 11.4. The minimum Gasteiger partial charge on any atom is -0.379 e. The molecule has 0 bridgehead atoms. The van der Waals surface area contributed by atoms with E-state index in [9.17, 15) is 4.79 Å². The van der Waals surface area contributed by atoms with Gasteiger partial charge in [-0.1, -0.05) is 12.0 Å². The van der Waals surface area contributed by atoms with Crippen molar-refractivity contribution in [3.63, 3.8) is 0 Å². The van der Waals surface area contributed by atoms with Crippen LogP contribution in [0.15, 0.2) is 5.11 Å². The zero-order valence-electron chi connectivity index (χ0n) is 9.02. The Bertz CT molecular complexity index is 215. The van der Waals surface area contributed by atoms with Crippen molar-refractivity contribution in [1.29, 1.82) is 0 Å². The summed E-state index contributed by atoms with van der Waals surface area (Å²) >= 11 is 0. The van der Waals surface area contributed by atoms with Gasteiger partial charge in [0.05, 0.1) is 26.4 Å². The molecule has 6 heteroatoms. The first-order chi connectivity index (χ1) is 7.31. The van der Waals surface area contributed by atoms with E-state index in [0.717, 1.165) is 0 Å². The highest BCUT2D eigenvalue weighted by atomic mass is 16.5. The van der Waals surface area contributed by atoms with Gasteiger partial charge in [-0.05, 0) is 5.53 Å². The first kappa shape index (κ1) is 13.9. The van der Waals surface area contributed by atoms with Crippen molar-refractivity contribution < 1.29 is 14.3 Å². The van der Waals surface area contributed by atoms with Gasteiger partial charge >= 0.3 is 0 Å². The Kier molecular flexibility index (Phi) is 10.2. The monoisotopic (exact) mass is 215 g/mol. The van der Waals surface area contributed by atoms with Crippen LogP contribution in [0.5, 0.6) is 0 Å². The number of hydrogen-bond acceptors (Lipinski definition) is 4. The van der Waals surface area contributed by atoms with Crippen LogP contribution >= 0.6 is 0 Å². The van der Waals surface area contributed by atoms with E-state index in [4.69, 9.17) is 15.0 Å². The van der Waals surface area contributed by atoms with Crippen molar-refractivity contribution in [2.24, 2.45) is 5.11 Å². The minimum atomic E-state index is 0.208. The first-order valence-corrected chi connectivity index (χ1v) is 4.99. The third-order valence-corrected chi connectivity index (χ3v) is 1.69. The van der Waals surface area contributed by atoms with E-state index >= 15 is 0 Å². The van der Waals surface area contributed by atoms with Crippen molar-refractivity contribution in [3.05, 3.63) is 10.4 Å². The molecule has 0 aliphatic heterocycles. The molecule has 86 valence electrons. The summed E-state index contributed by atoms with van der Waals surface area (Å²) in [6, 6.07) is 0. The van der Waals surface area contributed by atoms with Gasteiger partial charge in [0.15, 0.2) is 0 Å². The molecule has 15 heavy (non-hydrogen) atoms. The summed E-state index contributed by atoms with van der Waals surface area (Å²) in [5.74, 6) is 0.208. The van der Waals surface area contributed by atoms with Crippen molar-refractivity contribution in [3.8, 4) is 0 Å². The fourth-order valence-electron chi connectivity index (χ4n) is 0.835. The van der Waals surface area contributed by atoms with Crippen LogP contribution in [0.2, 0.25) is 0 Å². The predicted octanol–water partition coefficient (Wildman–Crippen LogP) is 1.70. The van der Waals surface area contributed by atoms with Crippen LogP contribution in [0.3, 0.4) is 0 Å². The van der Waals surface area contributed by atoms with Crippen LogP contribution in [0.1, 0.15) is 19.8 Å². The number of carbonyl (C=O) groups excluding carboxylic acids is 1. The van der Waals surface area contributed by atoms with Crippen LogP contribution in [0.4, 0.5) is 0 Å². The number of azide groups is 1. The van der Waals surface area contributed by atoms with Crippen LogP contribution in [0, 0.1) is 0 Å². The molecular formula is C9H17N3O3. The summed E-state index contributed by atoms with van der Waals surface area (Å²) in [5.41, 5.74) is 7.96. The molecule has 6 nitrogen and oxygen atoms in total. The number of rotatable bonds is 10. The second kappa shape index (κ2) is 11.0. The molecule has 0 spiro atoms. The standard InChI is InChI=1S/C9H17N3O3/c1-2-9(13)3-5-14-7-8-15-6-4-11-12-10/h2-8H2,1H3. The van der Waals surface area contributed by atoms with Crippen LogP contribution < -0.4 is 0 Å². The molecule has 0 saturated heterocycles. The molecular weight excluding hydrogens is 198 g/mol. The molecule has 0 amide bonds. The van der Waals surface area contributed by atoms with Gasteiger partial charge in [-0.25, -0.2) is 0 Å². The molecule has 0 aromatic carbocycles. The maximum Gasteiger partial charge on any atom is 0.134 e. The minimum absolute atomic E-state index is 0.208. The molecule has 0 radical (unpaired) electrons. The lowest BCUT2D eigenvalue weighted by atomic mass is 10.2. The van der Waals surface area contributed by atoms with Gasteiger partial charge in [0, 0.05) is 24.3 Å². The predicted molar refractivity (Wildman–Crippen MR) is 55.6 cm³/mol. The van der Waals surface area contributed by atoms with Crippen molar-refractivity contribution in [1.82, 2.24) is 0 Å². The van der Waals surface area contributed by atoms with Gasteiger partial charge in [-0.2, -0.15) is 0 Å². The Morgan fingerprint density at radius 2 is 1.93 bits per heavy atom. The first-order valence-electron chi connectivity index (χ1n) is 4.99. The summed E-state index contributed by atoms with van der Waals surface area (Å²) in [4.78, 5) is 13.4. The lowest BCUT2D eigenvalue weighted by Gasteiger charge is -2.03. The number of Topliss-reactive ketones (excluding diaryl/α,β-unsaturated/α-hetero) is 1. The van der Waals surface area contributed by atoms with E-state index in [1.165, 1.54) is 0 Å². The summed E-state index contributed by atoms with van der Waals surface area (Å²) < 4.78 is 10.3. The third-order valence-electron chi connectivity index (χ3n) is 1.69. The largest absolute Gasteiger partial charge is 0.379 e. The molecule has 0 N–H and O–H groups in total. The molecule has 0 aliphatic carbocycles. The highest BCUT2D eigenvalue weighted by Gasteiger charge is 1.97. The SMILES string of the molecule is CCC(=O)CCOCCOCCN=[N+]=[N-]. The topological polar surface area (TPSA) is 84.3 Å². The second-order valence-electron chi connectivity index (χ2n) is 2.82. The Labute approximate surface area is 89.2 Å². The van der Waals surface area contributed by atoms with E-state index in [1.807, 2.05) is 6.92 Å². The van der Waals surface area contributed by atoms with Crippen molar-refractivity contribution >= 4 is 5.78 Å². The molecule has 0 aromatic heterocycles. The average Bonchev–Trinajstić information content (AvgIpc) is 2.26. The van der Waals surface area contributed by atoms with Gasteiger partial charge in [0.2, 0.25) is 0 Å². The Morgan fingerprint density at radius 1 is 1.27 bits per heavy atom. The smallest absolute Gasteiger partial charge is 0.134 e. The number of ether oxygens (including phenoxy) is 2. The number of nitrogens with zero attached hydrogens (tertiary/aromatic N) is 3. The summed E-state index contributed by atoms with van der Waals surface area (Å²) in [7, 11) is 0. The molecule has 0 atom stereocenters. The van der Waals surface area contributed by atoms with E-state index in [-0.39, 0.29) is 5.78 Å². The number of hydrogen-bond donors (Lipinski definition) is 0. The van der Waals surface area contributed by atoms with Gasteiger partial charge in [0.25, 0.3) is 0 Å². The fourth-order valence-corrected chi connectivity index (χ4v) is 0.835. The Hall–Kier alpha value is -1.10. The quantitative estimate of drug-likeness (QED) is 0.240. The highest BCUT2D eigenvalue weighted by Crippen LogP contribution is 1.89. The van der Waals surface area contributed by atoms with Crippen molar-refractivity contribution in [2.75, 3.05) is 33.0 Å². The fraction of sp³-hybridized carbons (Fsp3) is 0.889. The molecule has 0 unspecified atom stereocenters. The lowest BCUT2D eigenvalue weighted by molar-refractivity contribution is -0.119. The highest BCUT2D eigenvalue weighted by molar-refractivity contribution is 5.78. The normalized spacial score (nSPS) is 9.67. The van der Waals surface area contributed by atoms with Gasteiger partial charge in [-0.15, -0.1) is 0 Å². The van der Waals surface area contributed by atoms with Crippen LogP contribution in [0.25, 0.3) is 10.4 Å². The summed E-state index contributed by atoms with van der Waals surface area (Å²) in [6.45, 7) is 3.95. The molecule has 0 aromatic rings. The summed E-state index contributed by atoms with van der Waals surface area (Å²) in [6.07, 6.45) is 1.03. The molecule has 0 aliphatic rings. The Morgan fingerprint density at radius 3 is 2.53 bits per heavy atom. The van der Waals surface area contributed by atoms with Crippen molar-refractivity contribution in [2.45, 2.75) is 19.8 Å². The molecule has 0 saturated carbocycles. The zero-order valence-corrected chi connectivity index (χ0v) is 9.02. The van der Waals surface area contributed by atoms with Crippen LogP contribution in [-0.2, 0) is 14.3 Å². The van der Waals surface area contributed by atoms with Gasteiger partial charge in [0.1, 0.15) is 5.78 Å². The third kappa shape index (κ3) is 10.8.